The van der Waals surface area contributed by atoms with Gasteiger partial charge in [-0.1, -0.05) is 37.4 Å². The van der Waals surface area contributed by atoms with Crippen molar-refractivity contribution in [3.63, 3.8) is 0 Å². The number of ether oxygens (including phenoxy) is 3. The number of carbonyl (C=O) groups excluding carboxylic acids is 2. The molecule has 0 fully saturated rings. The normalized spacial score (nSPS) is 11.3. The quantitative estimate of drug-likeness (QED) is 0.442. The molecule has 0 saturated heterocycles. The Kier molecular flexibility index (Phi) is 9.53. The minimum absolute atomic E-state index is 0.0133. The van der Waals surface area contributed by atoms with Crippen LogP contribution in [0.3, 0.4) is 0 Å². The topological polar surface area (TPSA) is 99.1 Å². The van der Waals surface area contributed by atoms with Crippen molar-refractivity contribution in [2.24, 2.45) is 0 Å². The van der Waals surface area contributed by atoms with Gasteiger partial charge in [0.1, 0.15) is 6.61 Å². The number of esters is 2. The van der Waals surface area contributed by atoms with E-state index in [9.17, 15) is 14.4 Å². The van der Waals surface area contributed by atoms with Crippen molar-refractivity contribution in [1.29, 1.82) is 0 Å². The molecule has 146 valence electrons. The number of carboxylic acids is 1. The number of benzene rings is 1. The first-order chi connectivity index (χ1) is 12.8. The van der Waals surface area contributed by atoms with Crippen molar-refractivity contribution in [1.82, 2.24) is 0 Å². The summed E-state index contributed by atoms with van der Waals surface area (Å²) in [6.45, 7) is 8.71. The molecule has 1 aromatic rings. The summed E-state index contributed by atoms with van der Waals surface area (Å²) in [5.41, 5.74) is 2.07. The van der Waals surface area contributed by atoms with Crippen molar-refractivity contribution in [2.75, 3.05) is 13.2 Å². The zero-order valence-electron chi connectivity index (χ0n) is 15.3. The second-order valence-electron chi connectivity index (χ2n) is 5.85. The van der Waals surface area contributed by atoms with Gasteiger partial charge in [-0.05, 0) is 24.1 Å². The second-order valence-corrected chi connectivity index (χ2v) is 5.85. The summed E-state index contributed by atoms with van der Waals surface area (Å²) in [5.74, 6) is -2.41. The van der Waals surface area contributed by atoms with Crippen LogP contribution in [0.5, 0.6) is 0 Å². The molecule has 0 spiro atoms. The summed E-state index contributed by atoms with van der Waals surface area (Å²) in [6, 6.07) is 7.55. The van der Waals surface area contributed by atoms with Crippen LogP contribution in [0.1, 0.15) is 30.9 Å². The third-order valence-electron chi connectivity index (χ3n) is 3.35. The maximum atomic E-state index is 11.7. The van der Waals surface area contributed by atoms with Gasteiger partial charge in [0.25, 0.3) is 0 Å². The lowest BCUT2D eigenvalue weighted by molar-refractivity contribution is -0.162. The lowest BCUT2D eigenvalue weighted by atomic mass is 10.1. The zero-order valence-corrected chi connectivity index (χ0v) is 15.3. The van der Waals surface area contributed by atoms with Gasteiger partial charge in [0, 0.05) is 5.57 Å². The molecule has 1 aromatic carbocycles. The van der Waals surface area contributed by atoms with Crippen LogP contribution >= 0.6 is 0 Å². The molecule has 0 aromatic heterocycles. The lowest BCUT2D eigenvalue weighted by Crippen LogP contribution is -2.30. The third-order valence-corrected chi connectivity index (χ3v) is 3.35. The Hall–Kier alpha value is -2.93. The van der Waals surface area contributed by atoms with E-state index in [2.05, 4.69) is 13.2 Å². The molecular formula is C20H24O7. The van der Waals surface area contributed by atoms with Gasteiger partial charge < -0.3 is 19.3 Å². The molecule has 7 heteroatoms. The molecular weight excluding hydrogens is 352 g/mol. The van der Waals surface area contributed by atoms with Crippen LogP contribution in [0.25, 0.3) is 6.08 Å². The Morgan fingerprint density at radius 1 is 1.22 bits per heavy atom. The van der Waals surface area contributed by atoms with Gasteiger partial charge in [-0.3, -0.25) is 9.59 Å². The molecule has 0 radical (unpaired) electrons. The van der Waals surface area contributed by atoms with E-state index < -0.39 is 24.0 Å². The predicted octanol–water partition coefficient (Wildman–Crippen LogP) is 2.74. The van der Waals surface area contributed by atoms with Crippen LogP contribution in [0, 0.1) is 0 Å². The molecule has 0 aliphatic heterocycles. The highest BCUT2D eigenvalue weighted by molar-refractivity contribution is 5.86. The van der Waals surface area contributed by atoms with Crippen LogP contribution in [0.15, 0.2) is 43.0 Å². The molecule has 1 rings (SSSR count). The highest BCUT2D eigenvalue weighted by atomic mass is 16.6. The third kappa shape index (κ3) is 9.37. The summed E-state index contributed by atoms with van der Waals surface area (Å²) in [5, 5.41) is 8.63. The predicted molar refractivity (Wildman–Crippen MR) is 98.7 cm³/mol. The zero-order chi connectivity index (χ0) is 20.2. The Labute approximate surface area is 158 Å². The average Bonchev–Trinajstić information content (AvgIpc) is 2.64. The van der Waals surface area contributed by atoms with Crippen molar-refractivity contribution in [2.45, 2.75) is 32.5 Å². The fourth-order valence-electron chi connectivity index (χ4n) is 1.98. The van der Waals surface area contributed by atoms with Gasteiger partial charge >= 0.3 is 17.9 Å². The van der Waals surface area contributed by atoms with Gasteiger partial charge in [0.15, 0.2) is 6.10 Å². The molecule has 0 aliphatic rings. The Morgan fingerprint density at radius 2 is 1.96 bits per heavy atom. The summed E-state index contributed by atoms with van der Waals surface area (Å²) in [4.78, 5) is 33.8. The standard InChI is InChI=1S/C20H24O7/c1-4-15-6-5-7-16(10-15)11-25-12-17(13-26-20(24)14(2)3)27-19(23)9-8-18(21)22/h4-7,10,17H,1-2,8-9,11-13H2,3H3,(H,21,22). The largest absolute Gasteiger partial charge is 0.481 e. The molecule has 0 saturated carbocycles. The highest BCUT2D eigenvalue weighted by Gasteiger charge is 2.18. The monoisotopic (exact) mass is 376 g/mol. The van der Waals surface area contributed by atoms with Gasteiger partial charge in [0.05, 0.1) is 26.1 Å². The van der Waals surface area contributed by atoms with E-state index in [-0.39, 0.29) is 38.2 Å². The van der Waals surface area contributed by atoms with E-state index in [0.29, 0.717) is 0 Å². The minimum Gasteiger partial charge on any atom is -0.481 e. The molecule has 1 N–H and O–H groups in total. The fourth-order valence-corrected chi connectivity index (χ4v) is 1.98. The number of carboxylic acid groups (broad SMARTS) is 1. The molecule has 1 unspecified atom stereocenters. The highest BCUT2D eigenvalue weighted by Crippen LogP contribution is 2.09. The van der Waals surface area contributed by atoms with E-state index in [1.165, 1.54) is 6.92 Å². The summed E-state index contributed by atoms with van der Waals surface area (Å²) in [6.07, 6.45) is 0.249. The number of hydrogen-bond donors (Lipinski definition) is 1. The molecule has 0 bridgehead atoms. The van der Waals surface area contributed by atoms with Gasteiger partial charge in [0.2, 0.25) is 0 Å². The molecule has 1 atom stereocenters. The summed E-state index contributed by atoms with van der Waals surface area (Å²) in [7, 11) is 0. The van der Waals surface area contributed by atoms with E-state index in [1.54, 1.807) is 6.08 Å². The molecule has 0 aliphatic carbocycles. The second kappa shape index (κ2) is 11.6. The van der Waals surface area contributed by atoms with Crippen molar-refractivity contribution >= 4 is 24.0 Å². The number of hydrogen-bond acceptors (Lipinski definition) is 6. The van der Waals surface area contributed by atoms with Gasteiger partial charge in [-0.15, -0.1) is 0 Å². The van der Waals surface area contributed by atoms with Crippen molar-refractivity contribution in [3.05, 3.63) is 54.1 Å². The summed E-state index contributed by atoms with van der Waals surface area (Å²) >= 11 is 0. The van der Waals surface area contributed by atoms with Crippen LogP contribution in [-0.2, 0) is 35.2 Å². The maximum Gasteiger partial charge on any atom is 0.333 e. The number of aliphatic carboxylic acids is 1. The molecule has 0 heterocycles. The van der Waals surface area contributed by atoms with E-state index in [1.807, 2.05) is 24.3 Å². The van der Waals surface area contributed by atoms with E-state index >= 15 is 0 Å². The Bertz CT molecular complexity index is 693. The first-order valence-corrected chi connectivity index (χ1v) is 8.34. The van der Waals surface area contributed by atoms with Crippen LogP contribution in [0.2, 0.25) is 0 Å². The molecule has 7 nitrogen and oxygen atoms in total. The Balaban J connectivity index is 2.58. The summed E-state index contributed by atoms with van der Waals surface area (Å²) < 4.78 is 15.7. The van der Waals surface area contributed by atoms with E-state index in [4.69, 9.17) is 19.3 Å². The van der Waals surface area contributed by atoms with Crippen LogP contribution in [-0.4, -0.2) is 42.3 Å². The minimum atomic E-state index is -1.10. The molecule has 27 heavy (non-hydrogen) atoms. The maximum absolute atomic E-state index is 11.7. The average molecular weight is 376 g/mol. The first-order valence-electron chi connectivity index (χ1n) is 8.34. The van der Waals surface area contributed by atoms with Crippen molar-refractivity contribution in [3.8, 4) is 0 Å². The molecule has 0 amide bonds. The SMILES string of the molecule is C=Cc1cccc(COCC(COC(=O)C(=C)C)OC(=O)CCC(=O)O)c1. The lowest BCUT2D eigenvalue weighted by Gasteiger charge is -2.18. The fraction of sp³-hybridized carbons (Fsp3) is 0.350. The number of rotatable bonds is 12. The van der Waals surface area contributed by atoms with Gasteiger partial charge in [-0.25, -0.2) is 4.79 Å². The first kappa shape index (κ1) is 22.1. The smallest absolute Gasteiger partial charge is 0.333 e. The number of carbonyl (C=O) groups is 3. The van der Waals surface area contributed by atoms with Crippen molar-refractivity contribution < 1.29 is 33.7 Å². The van der Waals surface area contributed by atoms with Crippen LogP contribution < -0.4 is 0 Å². The van der Waals surface area contributed by atoms with Crippen LogP contribution in [0.4, 0.5) is 0 Å². The Morgan fingerprint density at radius 3 is 2.59 bits per heavy atom. The van der Waals surface area contributed by atoms with E-state index in [0.717, 1.165) is 11.1 Å². The van der Waals surface area contributed by atoms with Gasteiger partial charge in [-0.2, -0.15) is 0 Å².